The zero-order valence-corrected chi connectivity index (χ0v) is 7.58. The SMILES string of the molecule is Clc1[c]cc(Cl)c2c[c]ccc12. The van der Waals surface area contributed by atoms with Crippen LogP contribution in [0.15, 0.2) is 24.3 Å². The molecule has 0 saturated carbocycles. The molecule has 0 spiro atoms. The van der Waals surface area contributed by atoms with Crippen molar-refractivity contribution in [1.82, 2.24) is 0 Å². The van der Waals surface area contributed by atoms with Gasteiger partial charge in [-0.25, -0.2) is 0 Å². The van der Waals surface area contributed by atoms with E-state index in [-0.39, 0.29) is 0 Å². The molecule has 0 saturated heterocycles. The molecule has 2 heteroatoms. The first-order valence-corrected chi connectivity index (χ1v) is 4.20. The lowest BCUT2D eigenvalue weighted by Crippen LogP contribution is -1.75. The maximum absolute atomic E-state index is 5.92. The molecule has 0 aliphatic carbocycles. The van der Waals surface area contributed by atoms with Crippen molar-refractivity contribution in [1.29, 1.82) is 0 Å². The summed E-state index contributed by atoms with van der Waals surface area (Å²) in [7, 11) is 0. The van der Waals surface area contributed by atoms with Crippen molar-refractivity contribution in [3.05, 3.63) is 46.4 Å². The van der Waals surface area contributed by atoms with Gasteiger partial charge in [0.15, 0.2) is 0 Å². The average molecular weight is 195 g/mol. The van der Waals surface area contributed by atoms with Gasteiger partial charge in [-0.2, -0.15) is 0 Å². The molecule has 2 rings (SSSR count). The number of hydrogen-bond acceptors (Lipinski definition) is 0. The summed E-state index contributed by atoms with van der Waals surface area (Å²) in [5, 5.41) is 3.10. The zero-order valence-electron chi connectivity index (χ0n) is 6.07. The maximum atomic E-state index is 5.92. The standard InChI is InChI=1S/C10H4Cl2/c11-9-5-6-10(12)8-4-2-1-3-7(8)9/h1,3-4,6H. The molecule has 0 N–H and O–H groups in total. The normalized spacial score (nSPS) is 10.5. The van der Waals surface area contributed by atoms with Gasteiger partial charge in [0, 0.05) is 21.9 Å². The van der Waals surface area contributed by atoms with Gasteiger partial charge in [0.2, 0.25) is 0 Å². The molecule has 0 amide bonds. The summed E-state index contributed by atoms with van der Waals surface area (Å²) in [6.07, 6.45) is 0. The summed E-state index contributed by atoms with van der Waals surface area (Å²) < 4.78 is 0. The Balaban J connectivity index is 2.95. The van der Waals surface area contributed by atoms with Crippen molar-refractivity contribution in [2.45, 2.75) is 0 Å². The lowest BCUT2D eigenvalue weighted by molar-refractivity contribution is 1.72. The second-order valence-corrected chi connectivity index (χ2v) is 3.21. The molecule has 0 aliphatic heterocycles. The van der Waals surface area contributed by atoms with Gasteiger partial charge in [-0.1, -0.05) is 35.3 Å². The number of rotatable bonds is 0. The van der Waals surface area contributed by atoms with E-state index in [1.165, 1.54) is 0 Å². The summed E-state index contributed by atoms with van der Waals surface area (Å²) in [6.45, 7) is 0. The van der Waals surface area contributed by atoms with E-state index in [9.17, 15) is 0 Å². The molecule has 2 aromatic rings. The van der Waals surface area contributed by atoms with E-state index < -0.39 is 0 Å². The molecule has 0 fully saturated rings. The molecular formula is C10H4Cl2. The quantitative estimate of drug-likeness (QED) is 0.600. The Labute approximate surface area is 80.7 Å². The van der Waals surface area contributed by atoms with Crippen LogP contribution in [0.5, 0.6) is 0 Å². The lowest BCUT2D eigenvalue weighted by atomic mass is 10.1. The highest BCUT2D eigenvalue weighted by atomic mass is 35.5. The van der Waals surface area contributed by atoms with Crippen molar-refractivity contribution in [2.24, 2.45) is 0 Å². The van der Waals surface area contributed by atoms with E-state index in [0.717, 1.165) is 10.8 Å². The van der Waals surface area contributed by atoms with Crippen LogP contribution in [0.2, 0.25) is 10.0 Å². The van der Waals surface area contributed by atoms with E-state index in [1.807, 2.05) is 12.1 Å². The molecule has 2 radical (unpaired) electrons. The average Bonchev–Trinajstić information content (AvgIpc) is 2.12. The minimum absolute atomic E-state index is 0.600. The van der Waals surface area contributed by atoms with Crippen molar-refractivity contribution in [3.8, 4) is 0 Å². The third kappa shape index (κ3) is 1.17. The Bertz CT molecular complexity index is 381. The fourth-order valence-corrected chi connectivity index (χ4v) is 1.53. The van der Waals surface area contributed by atoms with Gasteiger partial charge in [-0.05, 0) is 18.2 Å². The lowest BCUT2D eigenvalue weighted by Gasteiger charge is -2.00. The minimum Gasteiger partial charge on any atom is -0.0836 e. The van der Waals surface area contributed by atoms with Crippen LogP contribution in [0, 0.1) is 12.1 Å². The Morgan fingerprint density at radius 2 is 1.92 bits per heavy atom. The highest BCUT2D eigenvalue weighted by Crippen LogP contribution is 2.28. The van der Waals surface area contributed by atoms with E-state index in [4.69, 9.17) is 23.2 Å². The molecule has 12 heavy (non-hydrogen) atoms. The first-order valence-electron chi connectivity index (χ1n) is 3.44. The summed E-state index contributed by atoms with van der Waals surface area (Å²) in [4.78, 5) is 0. The third-order valence-corrected chi connectivity index (χ3v) is 2.31. The number of fused-ring (bicyclic) bond motifs is 1. The molecule has 0 heterocycles. The Morgan fingerprint density at radius 3 is 2.67 bits per heavy atom. The third-order valence-electron chi connectivity index (χ3n) is 1.68. The number of halogens is 2. The van der Waals surface area contributed by atoms with Crippen molar-refractivity contribution >= 4 is 34.0 Å². The van der Waals surface area contributed by atoms with Gasteiger partial charge in [0.1, 0.15) is 0 Å². The molecular weight excluding hydrogens is 191 g/mol. The van der Waals surface area contributed by atoms with E-state index >= 15 is 0 Å². The molecule has 0 aliphatic rings. The second-order valence-electron chi connectivity index (χ2n) is 2.42. The molecule has 0 bridgehead atoms. The molecule has 0 unspecified atom stereocenters. The predicted molar refractivity (Wildman–Crippen MR) is 51.6 cm³/mol. The highest BCUT2D eigenvalue weighted by Gasteiger charge is 2.01. The molecule has 0 atom stereocenters. The van der Waals surface area contributed by atoms with Crippen LogP contribution < -0.4 is 0 Å². The minimum atomic E-state index is 0.600. The Morgan fingerprint density at radius 1 is 1.08 bits per heavy atom. The number of benzene rings is 2. The van der Waals surface area contributed by atoms with Gasteiger partial charge in [-0.3, -0.25) is 0 Å². The van der Waals surface area contributed by atoms with Crippen LogP contribution >= 0.6 is 23.2 Å². The zero-order chi connectivity index (χ0) is 8.55. The van der Waals surface area contributed by atoms with Gasteiger partial charge in [-0.15, -0.1) is 0 Å². The van der Waals surface area contributed by atoms with E-state index in [1.54, 1.807) is 12.1 Å². The second kappa shape index (κ2) is 2.96. The van der Waals surface area contributed by atoms with Crippen LogP contribution in [0.1, 0.15) is 0 Å². The molecule has 58 valence electrons. The predicted octanol–water partition coefficient (Wildman–Crippen LogP) is 3.75. The summed E-state index contributed by atoms with van der Waals surface area (Å²) >= 11 is 11.8. The monoisotopic (exact) mass is 194 g/mol. The van der Waals surface area contributed by atoms with Gasteiger partial charge in [0.25, 0.3) is 0 Å². The smallest absolute Gasteiger partial charge is 0.0564 e. The summed E-state index contributed by atoms with van der Waals surface area (Å²) in [6, 6.07) is 13.0. The highest BCUT2D eigenvalue weighted by molar-refractivity contribution is 6.40. The fourth-order valence-electron chi connectivity index (χ4n) is 1.10. The van der Waals surface area contributed by atoms with E-state index in [2.05, 4.69) is 12.1 Å². The van der Waals surface area contributed by atoms with Crippen LogP contribution in [0.3, 0.4) is 0 Å². The van der Waals surface area contributed by atoms with Crippen LogP contribution in [0.25, 0.3) is 10.8 Å². The molecule has 2 aromatic carbocycles. The Kier molecular flexibility index (Phi) is 1.95. The number of hydrogen-bond donors (Lipinski definition) is 0. The summed E-state index contributed by atoms with van der Waals surface area (Å²) in [5.74, 6) is 0. The van der Waals surface area contributed by atoms with Crippen LogP contribution in [0.4, 0.5) is 0 Å². The van der Waals surface area contributed by atoms with E-state index in [0.29, 0.717) is 10.0 Å². The van der Waals surface area contributed by atoms with Crippen molar-refractivity contribution in [3.63, 3.8) is 0 Å². The van der Waals surface area contributed by atoms with Gasteiger partial charge >= 0.3 is 0 Å². The topological polar surface area (TPSA) is 0 Å². The largest absolute Gasteiger partial charge is 0.0836 e. The first-order chi connectivity index (χ1) is 5.79. The maximum Gasteiger partial charge on any atom is 0.0564 e. The first kappa shape index (κ1) is 7.90. The van der Waals surface area contributed by atoms with Gasteiger partial charge in [0.05, 0.1) is 5.02 Å². The van der Waals surface area contributed by atoms with Gasteiger partial charge < -0.3 is 0 Å². The fraction of sp³-hybridized carbons (Fsp3) is 0. The van der Waals surface area contributed by atoms with Crippen molar-refractivity contribution in [2.75, 3.05) is 0 Å². The molecule has 0 nitrogen and oxygen atoms in total. The summed E-state index contributed by atoms with van der Waals surface area (Å²) in [5.41, 5.74) is 0. The van der Waals surface area contributed by atoms with Crippen LogP contribution in [-0.4, -0.2) is 0 Å². The van der Waals surface area contributed by atoms with Crippen molar-refractivity contribution < 1.29 is 0 Å². The Hall–Kier alpha value is -0.720. The molecule has 0 aromatic heterocycles. The van der Waals surface area contributed by atoms with Crippen LogP contribution in [-0.2, 0) is 0 Å².